The molecule has 0 aliphatic carbocycles. The van der Waals surface area contributed by atoms with Gasteiger partial charge >= 0.3 is 0 Å². The van der Waals surface area contributed by atoms with Gasteiger partial charge in [-0.05, 0) is 30.5 Å². The predicted molar refractivity (Wildman–Crippen MR) is 67.1 cm³/mol. The normalized spacial score (nSPS) is 27.2. The van der Waals surface area contributed by atoms with E-state index in [4.69, 9.17) is 4.74 Å². The zero-order chi connectivity index (χ0) is 11.6. The van der Waals surface area contributed by atoms with Gasteiger partial charge in [-0.15, -0.1) is 0 Å². The van der Waals surface area contributed by atoms with Crippen LogP contribution in [0.1, 0.15) is 27.2 Å². The molecule has 1 unspecified atom stereocenters. The van der Waals surface area contributed by atoms with Gasteiger partial charge in [-0.1, -0.05) is 32.0 Å². The van der Waals surface area contributed by atoms with Gasteiger partial charge in [-0.3, -0.25) is 0 Å². The van der Waals surface area contributed by atoms with Crippen LogP contribution in [0.3, 0.4) is 0 Å². The van der Waals surface area contributed by atoms with Crippen molar-refractivity contribution in [2.75, 3.05) is 5.32 Å². The van der Waals surface area contributed by atoms with Gasteiger partial charge in [-0.2, -0.15) is 0 Å². The topological polar surface area (TPSA) is 21.3 Å². The Morgan fingerprint density at radius 3 is 2.44 bits per heavy atom. The van der Waals surface area contributed by atoms with Gasteiger partial charge in [-0.25, -0.2) is 0 Å². The Morgan fingerprint density at radius 1 is 1.12 bits per heavy atom. The molecule has 2 nitrogen and oxygen atoms in total. The molecule has 2 rings (SSSR count). The van der Waals surface area contributed by atoms with Crippen molar-refractivity contribution in [3.05, 3.63) is 42.7 Å². The third-order valence-electron chi connectivity index (χ3n) is 2.82. The molecule has 1 atom stereocenters. The van der Waals surface area contributed by atoms with E-state index in [0.717, 1.165) is 12.1 Å². The van der Waals surface area contributed by atoms with E-state index in [1.807, 2.05) is 18.2 Å². The SMILES string of the molecule is CC1(C)C=COC(C)(Nc2ccccc2)C1. The Morgan fingerprint density at radius 2 is 1.81 bits per heavy atom. The van der Waals surface area contributed by atoms with Crippen molar-refractivity contribution in [2.24, 2.45) is 5.41 Å². The Labute approximate surface area is 97.3 Å². The number of allylic oxidation sites excluding steroid dienone is 1. The van der Waals surface area contributed by atoms with Gasteiger partial charge in [0.15, 0.2) is 5.72 Å². The van der Waals surface area contributed by atoms with Crippen molar-refractivity contribution in [1.82, 2.24) is 0 Å². The van der Waals surface area contributed by atoms with Crippen LogP contribution in [0.15, 0.2) is 42.7 Å². The lowest BCUT2D eigenvalue weighted by Crippen LogP contribution is -2.42. The van der Waals surface area contributed by atoms with Crippen molar-refractivity contribution >= 4 is 5.69 Å². The molecule has 1 aromatic rings. The Hall–Kier alpha value is -1.44. The van der Waals surface area contributed by atoms with Crippen LogP contribution in [0.25, 0.3) is 0 Å². The summed E-state index contributed by atoms with van der Waals surface area (Å²) in [7, 11) is 0. The maximum Gasteiger partial charge on any atom is 0.177 e. The molecule has 1 N–H and O–H groups in total. The maximum absolute atomic E-state index is 5.71. The van der Waals surface area contributed by atoms with Crippen LogP contribution >= 0.6 is 0 Å². The summed E-state index contributed by atoms with van der Waals surface area (Å²) < 4.78 is 5.71. The summed E-state index contributed by atoms with van der Waals surface area (Å²) in [4.78, 5) is 0. The highest BCUT2D eigenvalue weighted by atomic mass is 16.5. The van der Waals surface area contributed by atoms with Crippen LogP contribution in [0.5, 0.6) is 0 Å². The molecule has 1 aliphatic heterocycles. The average molecular weight is 217 g/mol. The minimum absolute atomic E-state index is 0.175. The second-order valence-electron chi connectivity index (χ2n) is 5.31. The van der Waals surface area contributed by atoms with Crippen LogP contribution in [-0.2, 0) is 4.74 Å². The summed E-state index contributed by atoms with van der Waals surface area (Å²) in [5.41, 5.74) is 0.949. The Bertz CT molecular complexity index is 383. The number of benzene rings is 1. The fourth-order valence-electron chi connectivity index (χ4n) is 2.24. The number of hydrogen-bond donors (Lipinski definition) is 1. The molecular formula is C14H19NO. The Balaban J connectivity index is 2.13. The van der Waals surface area contributed by atoms with E-state index < -0.39 is 0 Å². The van der Waals surface area contributed by atoms with E-state index >= 15 is 0 Å². The molecule has 1 heterocycles. The van der Waals surface area contributed by atoms with E-state index in [-0.39, 0.29) is 11.1 Å². The number of nitrogens with one attached hydrogen (secondary N) is 1. The van der Waals surface area contributed by atoms with Crippen molar-refractivity contribution in [1.29, 1.82) is 0 Å². The molecule has 1 aliphatic rings. The monoisotopic (exact) mass is 217 g/mol. The molecule has 16 heavy (non-hydrogen) atoms. The minimum Gasteiger partial charge on any atom is -0.476 e. The zero-order valence-corrected chi connectivity index (χ0v) is 10.2. The highest BCUT2D eigenvalue weighted by molar-refractivity contribution is 5.44. The number of para-hydroxylation sites is 1. The van der Waals surface area contributed by atoms with Crippen LogP contribution in [0.2, 0.25) is 0 Å². The first-order valence-corrected chi connectivity index (χ1v) is 5.68. The zero-order valence-electron chi connectivity index (χ0n) is 10.2. The first kappa shape index (κ1) is 11.1. The van der Waals surface area contributed by atoms with Gasteiger partial charge < -0.3 is 10.1 Å². The number of ether oxygens (including phenoxy) is 1. The number of anilines is 1. The van der Waals surface area contributed by atoms with E-state index in [1.165, 1.54) is 0 Å². The van der Waals surface area contributed by atoms with E-state index in [9.17, 15) is 0 Å². The predicted octanol–water partition coefficient (Wildman–Crippen LogP) is 3.77. The molecule has 0 aromatic heterocycles. The molecule has 0 radical (unpaired) electrons. The number of rotatable bonds is 2. The quantitative estimate of drug-likeness (QED) is 0.814. The van der Waals surface area contributed by atoms with Crippen molar-refractivity contribution in [3.63, 3.8) is 0 Å². The lowest BCUT2D eigenvalue weighted by Gasteiger charge is -2.40. The smallest absolute Gasteiger partial charge is 0.177 e. The fraction of sp³-hybridized carbons (Fsp3) is 0.429. The van der Waals surface area contributed by atoms with Crippen molar-refractivity contribution in [3.8, 4) is 0 Å². The van der Waals surface area contributed by atoms with Crippen LogP contribution in [0, 0.1) is 5.41 Å². The first-order valence-electron chi connectivity index (χ1n) is 5.68. The molecule has 0 saturated heterocycles. The standard InChI is InChI=1S/C14H19NO/c1-13(2)9-10-16-14(3,11-13)15-12-7-5-4-6-8-12/h4-10,15H,11H2,1-3H3. The highest BCUT2D eigenvalue weighted by Gasteiger charge is 2.35. The first-order chi connectivity index (χ1) is 7.49. The van der Waals surface area contributed by atoms with Gasteiger partial charge in [0.2, 0.25) is 0 Å². The largest absolute Gasteiger partial charge is 0.476 e. The van der Waals surface area contributed by atoms with Crippen LogP contribution in [-0.4, -0.2) is 5.72 Å². The van der Waals surface area contributed by atoms with Gasteiger partial charge in [0, 0.05) is 12.1 Å². The van der Waals surface area contributed by atoms with Crippen molar-refractivity contribution < 1.29 is 4.74 Å². The summed E-state index contributed by atoms with van der Waals surface area (Å²) >= 11 is 0. The number of hydrogen-bond acceptors (Lipinski definition) is 2. The molecule has 0 bridgehead atoms. The lowest BCUT2D eigenvalue weighted by molar-refractivity contribution is 0.0151. The molecule has 0 amide bonds. The van der Waals surface area contributed by atoms with Gasteiger partial charge in [0.25, 0.3) is 0 Å². The van der Waals surface area contributed by atoms with Crippen LogP contribution < -0.4 is 5.32 Å². The second-order valence-corrected chi connectivity index (χ2v) is 5.31. The summed E-state index contributed by atoms with van der Waals surface area (Å²) in [6.07, 6.45) is 4.87. The maximum atomic E-state index is 5.71. The van der Waals surface area contributed by atoms with E-state index in [0.29, 0.717) is 0 Å². The van der Waals surface area contributed by atoms with E-state index in [1.54, 1.807) is 6.26 Å². The van der Waals surface area contributed by atoms with Gasteiger partial charge in [0.05, 0.1) is 6.26 Å². The summed E-state index contributed by atoms with van der Waals surface area (Å²) in [6.45, 7) is 6.53. The molecular weight excluding hydrogens is 198 g/mol. The fourth-order valence-corrected chi connectivity index (χ4v) is 2.24. The summed E-state index contributed by atoms with van der Waals surface area (Å²) in [5, 5.41) is 3.44. The lowest BCUT2D eigenvalue weighted by atomic mass is 9.83. The minimum atomic E-state index is -0.320. The molecule has 0 saturated carbocycles. The second kappa shape index (κ2) is 3.85. The van der Waals surface area contributed by atoms with Crippen molar-refractivity contribution in [2.45, 2.75) is 32.9 Å². The summed E-state index contributed by atoms with van der Waals surface area (Å²) in [6, 6.07) is 10.2. The molecule has 2 heteroatoms. The highest BCUT2D eigenvalue weighted by Crippen LogP contribution is 2.36. The Kier molecular flexibility index (Phi) is 2.66. The van der Waals surface area contributed by atoms with E-state index in [2.05, 4.69) is 44.3 Å². The molecule has 1 aromatic carbocycles. The third kappa shape index (κ3) is 2.57. The third-order valence-corrected chi connectivity index (χ3v) is 2.82. The molecule has 0 spiro atoms. The molecule has 0 fully saturated rings. The van der Waals surface area contributed by atoms with Gasteiger partial charge in [0.1, 0.15) is 0 Å². The summed E-state index contributed by atoms with van der Waals surface area (Å²) in [5.74, 6) is 0. The average Bonchev–Trinajstić information content (AvgIpc) is 2.16. The molecule has 86 valence electrons. The van der Waals surface area contributed by atoms with Crippen LogP contribution in [0.4, 0.5) is 5.69 Å².